The molecule has 10 heteroatoms. The van der Waals surface area contributed by atoms with Crippen LogP contribution in [0.15, 0.2) is 36.5 Å². The van der Waals surface area contributed by atoms with Gasteiger partial charge in [0.1, 0.15) is 0 Å². The Hall–Kier alpha value is -3.01. The highest BCUT2D eigenvalue weighted by atomic mass is 19.4. The van der Waals surface area contributed by atoms with Crippen LogP contribution in [0.3, 0.4) is 0 Å². The van der Waals surface area contributed by atoms with E-state index in [0.717, 1.165) is 35.9 Å². The van der Waals surface area contributed by atoms with Gasteiger partial charge in [0.2, 0.25) is 5.91 Å². The van der Waals surface area contributed by atoms with Crippen LogP contribution in [0.5, 0.6) is 0 Å². The fourth-order valence-corrected chi connectivity index (χ4v) is 4.10. The van der Waals surface area contributed by atoms with Crippen molar-refractivity contribution in [3.8, 4) is 11.3 Å². The SMILES string of the molecule is CCC1CCCCN1CC(=O)NCc1ccc(-c2ccnc3nc(C(F)(F)F)nn23)cc1. The molecule has 1 unspecified atom stereocenters. The van der Waals surface area contributed by atoms with Gasteiger partial charge in [-0.25, -0.2) is 4.98 Å². The van der Waals surface area contributed by atoms with E-state index in [1.165, 1.54) is 12.6 Å². The number of rotatable bonds is 6. The zero-order valence-corrected chi connectivity index (χ0v) is 17.8. The summed E-state index contributed by atoms with van der Waals surface area (Å²) in [5.74, 6) is -1.35. The molecule has 1 N–H and O–H groups in total. The minimum Gasteiger partial charge on any atom is -0.351 e. The second-order valence-electron chi connectivity index (χ2n) is 7.98. The van der Waals surface area contributed by atoms with E-state index in [0.29, 0.717) is 30.4 Å². The number of likely N-dealkylation sites (tertiary alicyclic amines) is 1. The molecule has 3 heterocycles. The van der Waals surface area contributed by atoms with Gasteiger partial charge in [-0.05, 0) is 37.4 Å². The van der Waals surface area contributed by atoms with E-state index < -0.39 is 12.0 Å². The molecule has 0 aliphatic carbocycles. The van der Waals surface area contributed by atoms with Gasteiger partial charge in [0.15, 0.2) is 0 Å². The second-order valence-corrected chi connectivity index (χ2v) is 7.98. The smallest absolute Gasteiger partial charge is 0.351 e. The van der Waals surface area contributed by atoms with Crippen molar-refractivity contribution in [1.82, 2.24) is 29.8 Å². The van der Waals surface area contributed by atoms with Crippen LogP contribution in [0.4, 0.5) is 13.2 Å². The Morgan fingerprint density at radius 3 is 2.69 bits per heavy atom. The summed E-state index contributed by atoms with van der Waals surface area (Å²) in [4.78, 5) is 22.0. The number of halogens is 3. The lowest BCUT2D eigenvalue weighted by molar-refractivity contribution is -0.144. The molecule has 0 saturated carbocycles. The number of hydrogen-bond donors (Lipinski definition) is 1. The first-order valence-corrected chi connectivity index (χ1v) is 10.7. The minimum atomic E-state index is -4.64. The number of carbonyl (C=O) groups is 1. The summed E-state index contributed by atoms with van der Waals surface area (Å²) in [7, 11) is 0. The first-order chi connectivity index (χ1) is 15.3. The van der Waals surface area contributed by atoms with Gasteiger partial charge >= 0.3 is 6.18 Å². The molecule has 1 aromatic carbocycles. The molecule has 32 heavy (non-hydrogen) atoms. The molecule has 1 atom stereocenters. The standard InChI is InChI=1S/C22H25F3N6O/c1-2-17-5-3-4-12-30(17)14-19(32)27-13-15-6-8-16(9-7-15)18-10-11-26-21-28-20(22(23,24)25)29-31(18)21/h6-11,17H,2-5,12-14H2,1H3,(H,27,32). The molecule has 1 amide bonds. The first kappa shape index (κ1) is 22.2. The Kier molecular flexibility index (Phi) is 6.40. The predicted octanol–water partition coefficient (Wildman–Crippen LogP) is 3.69. The highest BCUT2D eigenvalue weighted by Crippen LogP contribution is 2.28. The summed E-state index contributed by atoms with van der Waals surface area (Å²) in [6, 6.07) is 9.28. The molecule has 170 valence electrons. The van der Waals surface area contributed by atoms with E-state index in [9.17, 15) is 18.0 Å². The zero-order valence-electron chi connectivity index (χ0n) is 17.8. The second kappa shape index (κ2) is 9.23. The summed E-state index contributed by atoms with van der Waals surface area (Å²) < 4.78 is 39.9. The third kappa shape index (κ3) is 4.90. The molecule has 4 rings (SSSR count). The lowest BCUT2D eigenvalue weighted by Gasteiger charge is -2.34. The number of amides is 1. The van der Waals surface area contributed by atoms with Crippen molar-refractivity contribution in [1.29, 1.82) is 0 Å². The van der Waals surface area contributed by atoms with Crippen LogP contribution >= 0.6 is 0 Å². The number of piperidine rings is 1. The van der Waals surface area contributed by atoms with Crippen molar-refractivity contribution in [2.24, 2.45) is 0 Å². The Balaban J connectivity index is 1.41. The van der Waals surface area contributed by atoms with Gasteiger partial charge in [0, 0.05) is 24.3 Å². The van der Waals surface area contributed by atoms with Gasteiger partial charge in [-0.3, -0.25) is 9.69 Å². The van der Waals surface area contributed by atoms with Crippen LogP contribution in [0.2, 0.25) is 0 Å². The molecule has 1 aliphatic heterocycles. The molecule has 1 fully saturated rings. The van der Waals surface area contributed by atoms with E-state index in [2.05, 4.69) is 32.2 Å². The molecular formula is C22H25F3N6O. The lowest BCUT2D eigenvalue weighted by Crippen LogP contribution is -2.45. The van der Waals surface area contributed by atoms with Crippen LogP contribution in [0.1, 0.15) is 44.0 Å². The Labute approximate surface area is 183 Å². The Morgan fingerprint density at radius 2 is 1.97 bits per heavy atom. The summed E-state index contributed by atoms with van der Waals surface area (Å²) in [6.45, 7) is 3.90. The van der Waals surface area contributed by atoms with Crippen molar-refractivity contribution in [3.05, 3.63) is 47.9 Å². The first-order valence-electron chi connectivity index (χ1n) is 10.7. The Bertz CT molecular complexity index is 1080. The average Bonchev–Trinajstić information content (AvgIpc) is 3.24. The number of carbonyl (C=O) groups excluding carboxylic acids is 1. The molecule has 0 spiro atoms. The highest BCUT2D eigenvalue weighted by molar-refractivity contribution is 5.78. The number of benzene rings is 1. The normalized spacial score (nSPS) is 17.6. The van der Waals surface area contributed by atoms with E-state index in [1.807, 2.05) is 12.1 Å². The number of aromatic nitrogens is 4. The van der Waals surface area contributed by atoms with Crippen molar-refractivity contribution in [2.75, 3.05) is 13.1 Å². The van der Waals surface area contributed by atoms with Crippen molar-refractivity contribution >= 4 is 11.7 Å². The van der Waals surface area contributed by atoms with Gasteiger partial charge in [0.05, 0.1) is 12.2 Å². The van der Waals surface area contributed by atoms with Crippen molar-refractivity contribution in [2.45, 2.75) is 51.4 Å². The van der Waals surface area contributed by atoms with Crippen LogP contribution in [-0.4, -0.2) is 49.5 Å². The minimum absolute atomic E-state index is 0.00688. The molecule has 2 aromatic heterocycles. The molecule has 0 radical (unpaired) electrons. The fourth-order valence-electron chi connectivity index (χ4n) is 4.10. The van der Waals surface area contributed by atoms with Gasteiger partial charge in [-0.2, -0.15) is 22.7 Å². The number of alkyl halides is 3. The van der Waals surface area contributed by atoms with Crippen molar-refractivity contribution in [3.63, 3.8) is 0 Å². The summed E-state index contributed by atoms with van der Waals surface area (Å²) in [5.41, 5.74) is 2.02. The van der Waals surface area contributed by atoms with E-state index in [4.69, 9.17) is 0 Å². The number of hydrogen-bond acceptors (Lipinski definition) is 5. The van der Waals surface area contributed by atoms with Gasteiger partial charge < -0.3 is 5.32 Å². The third-order valence-corrected chi connectivity index (χ3v) is 5.80. The van der Waals surface area contributed by atoms with E-state index in [-0.39, 0.29) is 11.7 Å². The molecule has 1 aliphatic rings. The van der Waals surface area contributed by atoms with Gasteiger partial charge in [-0.1, -0.05) is 37.6 Å². The number of nitrogens with zero attached hydrogens (tertiary/aromatic N) is 5. The number of nitrogens with one attached hydrogen (secondary N) is 1. The highest BCUT2D eigenvalue weighted by Gasteiger charge is 2.36. The van der Waals surface area contributed by atoms with Gasteiger partial charge in [0.25, 0.3) is 11.6 Å². The van der Waals surface area contributed by atoms with Crippen LogP contribution in [0, 0.1) is 0 Å². The van der Waals surface area contributed by atoms with E-state index >= 15 is 0 Å². The van der Waals surface area contributed by atoms with Crippen LogP contribution in [-0.2, 0) is 17.5 Å². The van der Waals surface area contributed by atoms with Gasteiger partial charge in [-0.15, -0.1) is 5.10 Å². The average molecular weight is 446 g/mol. The Morgan fingerprint density at radius 1 is 1.19 bits per heavy atom. The fraction of sp³-hybridized carbons (Fsp3) is 0.455. The quantitative estimate of drug-likeness (QED) is 0.625. The van der Waals surface area contributed by atoms with Crippen molar-refractivity contribution < 1.29 is 18.0 Å². The predicted molar refractivity (Wildman–Crippen MR) is 113 cm³/mol. The zero-order chi connectivity index (χ0) is 22.7. The molecule has 1 saturated heterocycles. The maximum atomic E-state index is 12.9. The van der Waals surface area contributed by atoms with Crippen LogP contribution < -0.4 is 5.32 Å². The topological polar surface area (TPSA) is 75.4 Å². The number of fused-ring (bicyclic) bond motifs is 1. The summed E-state index contributed by atoms with van der Waals surface area (Å²) in [6.07, 6.45) is 1.30. The monoisotopic (exact) mass is 446 g/mol. The molecular weight excluding hydrogens is 421 g/mol. The maximum Gasteiger partial charge on any atom is 0.453 e. The van der Waals surface area contributed by atoms with E-state index in [1.54, 1.807) is 18.2 Å². The summed E-state index contributed by atoms with van der Waals surface area (Å²) in [5, 5.41) is 6.52. The lowest BCUT2D eigenvalue weighted by atomic mass is 10.00. The summed E-state index contributed by atoms with van der Waals surface area (Å²) >= 11 is 0. The maximum absolute atomic E-state index is 12.9. The largest absolute Gasteiger partial charge is 0.453 e. The molecule has 0 bridgehead atoms. The van der Waals surface area contributed by atoms with Crippen LogP contribution in [0.25, 0.3) is 17.0 Å². The molecule has 7 nitrogen and oxygen atoms in total. The third-order valence-electron chi connectivity index (χ3n) is 5.80. The molecule has 3 aromatic rings.